The zero-order chi connectivity index (χ0) is 15.5. The predicted molar refractivity (Wildman–Crippen MR) is 83.4 cm³/mol. The molecule has 5 nitrogen and oxygen atoms in total. The van der Waals surface area contributed by atoms with Gasteiger partial charge in [0.2, 0.25) is 0 Å². The maximum absolute atomic E-state index is 12.3. The molecule has 0 bridgehead atoms. The maximum Gasteiger partial charge on any atom is 0.410 e. The average Bonchev–Trinajstić information content (AvgIpc) is 2.96. The van der Waals surface area contributed by atoms with E-state index in [0.29, 0.717) is 25.7 Å². The van der Waals surface area contributed by atoms with E-state index in [4.69, 9.17) is 4.74 Å². The van der Waals surface area contributed by atoms with Crippen LogP contribution in [-0.4, -0.2) is 27.1 Å². The lowest BCUT2D eigenvalue weighted by atomic mass is 10.1. The van der Waals surface area contributed by atoms with E-state index in [1.807, 2.05) is 36.7 Å². The molecule has 2 aromatic rings. The first-order valence-electron chi connectivity index (χ1n) is 7.65. The van der Waals surface area contributed by atoms with Crippen molar-refractivity contribution in [2.75, 3.05) is 6.54 Å². The minimum Gasteiger partial charge on any atom is -0.445 e. The van der Waals surface area contributed by atoms with Crippen molar-refractivity contribution in [1.29, 1.82) is 0 Å². The second-order valence-electron chi connectivity index (χ2n) is 5.85. The highest BCUT2D eigenvalue weighted by molar-refractivity contribution is 5.68. The third-order valence-electron chi connectivity index (χ3n) is 3.96. The smallest absolute Gasteiger partial charge is 0.410 e. The molecule has 0 spiro atoms. The van der Waals surface area contributed by atoms with Crippen LogP contribution < -0.4 is 0 Å². The Bertz CT molecular complexity index is 649. The molecular formula is C17H21N3O2. The van der Waals surface area contributed by atoms with Gasteiger partial charge in [-0.3, -0.25) is 0 Å². The summed E-state index contributed by atoms with van der Waals surface area (Å²) in [6.07, 6.45) is 2.40. The number of imidazole rings is 1. The molecule has 0 radical (unpaired) electrons. The molecule has 1 aliphatic rings. The Balaban J connectivity index is 1.64. The summed E-state index contributed by atoms with van der Waals surface area (Å²) in [5.41, 5.74) is 3.22. The van der Waals surface area contributed by atoms with Gasteiger partial charge < -0.3 is 14.2 Å². The minimum absolute atomic E-state index is 0.258. The molecule has 3 rings (SSSR count). The topological polar surface area (TPSA) is 47.4 Å². The summed E-state index contributed by atoms with van der Waals surface area (Å²) in [5.74, 6) is 0. The zero-order valence-corrected chi connectivity index (χ0v) is 13.0. The van der Waals surface area contributed by atoms with Gasteiger partial charge in [-0.15, -0.1) is 0 Å². The van der Waals surface area contributed by atoms with Gasteiger partial charge in [-0.2, -0.15) is 0 Å². The molecule has 0 aliphatic carbocycles. The number of rotatable bonds is 3. The summed E-state index contributed by atoms with van der Waals surface area (Å²) < 4.78 is 7.55. The van der Waals surface area contributed by atoms with Gasteiger partial charge in [0.15, 0.2) is 0 Å². The number of nitrogens with zero attached hydrogens (tertiary/aromatic N) is 3. The number of ether oxygens (including phenoxy) is 1. The Morgan fingerprint density at radius 2 is 2.09 bits per heavy atom. The van der Waals surface area contributed by atoms with Crippen molar-refractivity contribution in [1.82, 2.24) is 14.5 Å². The first kappa shape index (κ1) is 14.6. The second-order valence-corrected chi connectivity index (χ2v) is 5.85. The second kappa shape index (κ2) is 6.22. The largest absolute Gasteiger partial charge is 0.445 e. The Morgan fingerprint density at radius 1 is 1.32 bits per heavy atom. The molecule has 1 aromatic heterocycles. The number of hydrogen-bond acceptors (Lipinski definition) is 3. The van der Waals surface area contributed by atoms with Crippen molar-refractivity contribution in [2.24, 2.45) is 0 Å². The third kappa shape index (κ3) is 2.98. The highest BCUT2D eigenvalue weighted by Crippen LogP contribution is 2.21. The van der Waals surface area contributed by atoms with Gasteiger partial charge in [0.05, 0.1) is 24.3 Å². The quantitative estimate of drug-likeness (QED) is 0.874. The zero-order valence-electron chi connectivity index (χ0n) is 13.0. The van der Waals surface area contributed by atoms with E-state index in [2.05, 4.69) is 23.4 Å². The first-order chi connectivity index (χ1) is 10.6. The average molecular weight is 299 g/mol. The van der Waals surface area contributed by atoms with Gasteiger partial charge >= 0.3 is 6.09 Å². The van der Waals surface area contributed by atoms with Crippen molar-refractivity contribution in [3.05, 3.63) is 53.6 Å². The molecule has 22 heavy (non-hydrogen) atoms. The molecule has 0 atom stereocenters. The fourth-order valence-electron chi connectivity index (χ4n) is 2.72. The highest BCUT2D eigenvalue weighted by atomic mass is 16.6. The van der Waals surface area contributed by atoms with E-state index in [-0.39, 0.29) is 6.09 Å². The molecule has 1 aromatic carbocycles. The number of benzene rings is 1. The molecule has 0 saturated carbocycles. The summed E-state index contributed by atoms with van der Waals surface area (Å²) in [6, 6.07) is 10.1. The molecule has 5 heteroatoms. The lowest BCUT2D eigenvalue weighted by molar-refractivity contribution is 0.0906. The number of carbonyl (C=O) groups excluding carboxylic acids is 1. The van der Waals surface area contributed by atoms with Crippen molar-refractivity contribution in [2.45, 2.75) is 39.5 Å². The monoisotopic (exact) mass is 299 g/mol. The Morgan fingerprint density at radius 3 is 2.82 bits per heavy atom. The van der Waals surface area contributed by atoms with Crippen LogP contribution in [-0.2, 0) is 24.3 Å². The number of hydrogen-bond donors (Lipinski definition) is 0. The van der Waals surface area contributed by atoms with Crippen LogP contribution in [0.1, 0.15) is 36.8 Å². The van der Waals surface area contributed by atoms with Crippen LogP contribution in [0.25, 0.3) is 0 Å². The molecule has 0 N–H and O–H groups in total. The third-order valence-corrected chi connectivity index (χ3v) is 3.96. The molecular weight excluding hydrogens is 278 g/mol. The fraction of sp³-hybridized carbons (Fsp3) is 0.412. The first-order valence-corrected chi connectivity index (χ1v) is 7.65. The predicted octanol–water partition coefficient (Wildman–Crippen LogP) is 3.16. The van der Waals surface area contributed by atoms with Crippen LogP contribution in [0.5, 0.6) is 0 Å². The van der Waals surface area contributed by atoms with Crippen LogP contribution in [0.2, 0.25) is 0 Å². The fourth-order valence-corrected chi connectivity index (χ4v) is 2.72. The van der Waals surface area contributed by atoms with Gasteiger partial charge in [0.1, 0.15) is 6.61 Å². The molecule has 0 unspecified atom stereocenters. The standard InChI is InChI=1S/C17H21N3O2/c1-13(2)20-12-18-15-8-9-19(10-16(15)20)17(21)22-11-14-6-4-3-5-7-14/h3-7,12-13H,8-11H2,1-2H3. The molecule has 0 fully saturated rings. The van der Waals surface area contributed by atoms with Gasteiger partial charge in [-0.05, 0) is 19.4 Å². The number of fused-ring (bicyclic) bond motifs is 1. The number of aromatic nitrogens is 2. The van der Waals surface area contributed by atoms with Crippen LogP contribution >= 0.6 is 0 Å². The maximum atomic E-state index is 12.3. The molecule has 116 valence electrons. The summed E-state index contributed by atoms with van der Waals surface area (Å²) in [4.78, 5) is 18.5. The molecule has 1 aliphatic heterocycles. The Labute approximate surface area is 130 Å². The van der Waals surface area contributed by atoms with Gasteiger partial charge in [0.25, 0.3) is 0 Å². The normalized spacial score (nSPS) is 14.0. The lowest BCUT2D eigenvalue weighted by Gasteiger charge is -2.27. The minimum atomic E-state index is -0.258. The number of carbonyl (C=O) groups is 1. The molecule has 0 saturated heterocycles. The highest BCUT2D eigenvalue weighted by Gasteiger charge is 2.25. The van der Waals surface area contributed by atoms with Gasteiger partial charge in [-0.25, -0.2) is 9.78 Å². The van der Waals surface area contributed by atoms with E-state index < -0.39 is 0 Å². The number of amides is 1. The molecule has 1 amide bonds. The SMILES string of the molecule is CC(C)n1cnc2c1CN(C(=O)OCc1ccccc1)CC2. The van der Waals surface area contributed by atoms with Crippen molar-refractivity contribution in [3.8, 4) is 0 Å². The van der Waals surface area contributed by atoms with Gasteiger partial charge in [-0.1, -0.05) is 30.3 Å². The summed E-state index contributed by atoms with van der Waals surface area (Å²) in [7, 11) is 0. The van der Waals surface area contributed by atoms with Crippen LogP contribution in [0.3, 0.4) is 0 Å². The molecule has 2 heterocycles. The van der Waals surface area contributed by atoms with E-state index in [0.717, 1.165) is 23.4 Å². The van der Waals surface area contributed by atoms with Gasteiger partial charge in [0, 0.05) is 19.0 Å². The van der Waals surface area contributed by atoms with Crippen LogP contribution in [0, 0.1) is 0 Å². The lowest BCUT2D eigenvalue weighted by Crippen LogP contribution is -2.37. The summed E-state index contributed by atoms with van der Waals surface area (Å²) in [6.45, 7) is 5.78. The van der Waals surface area contributed by atoms with Crippen molar-refractivity contribution in [3.63, 3.8) is 0 Å². The van der Waals surface area contributed by atoms with Crippen LogP contribution in [0.15, 0.2) is 36.7 Å². The van der Waals surface area contributed by atoms with Crippen molar-refractivity contribution >= 4 is 6.09 Å². The Hall–Kier alpha value is -2.30. The Kier molecular flexibility index (Phi) is 4.13. The summed E-state index contributed by atoms with van der Waals surface area (Å²) in [5, 5.41) is 0. The van der Waals surface area contributed by atoms with Crippen LogP contribution in [0.4, 0.5) is 4.79 Å². The van der Waals surface area contributed by atoms with E-state index in [1.165, 1.54) is 0 Å². The van der Waals surface area contributed by atoms with E-state index >= 15 is 0 Å². The van der Waals surface area contributed by atoms with E-state index in [9.17, 15) is 4.79 Å². The van der Waals surface area contributed by atoms with Crippen molar-refractivity contribution < 1.29 is 9.53 Å². The van der Waals surface area contributed by atoms with E-state index in [1.54, 1.807) is 4.90 Å². The summed E-state index contributed by atoms with van der Waals surface area (Å²) >= 11 is 0.